The molecular weight excluding hydrogens is 278 g/mol. The summed E-state index contributed by atoms with van der Waals surface area (Å²) in [6, 6.07) is 7.77. The Morgan fingerprint density at radius 3 is 2.67 bits per heavy atom. The van der Waals surface area contributed by atoms with Crippen molar-refractivity contribution in [3.63, 3.8) is 0 Å². The molecule has 1 amide bonds. The van der Waals surface area contributed by atoms with E-state index in [4.69, 9.17) is 10.5 Å². The third-order valence-electron chi connectivity index (χ3n) is 2.95. The summed E-state index contributed by atoms with van der Waals surface area (Å²) in [6.45, 7) is -0.0440. The third-order valence-corrected chi connectivity index (χ3v) is 2.95. The number of anilines is 1. The maximum Gasteiger partial charge on any atom is 0.251 e. The van der Waals surface area contributed by atoms with Crippen LogP contribution in [0.15, 0.2) is 36.4 Å². The molecule has 0 unspecified atom stereocenters. The summed E-state index contributed by atoms with van der Waals surface area (Å²) in [4.78, 5) is 12.0. The predicted molar refractivity (Wildman–Crippen MR) is 74.9 cm³/mol. The molecule has 110 valence electrons. The van der Waals surface area contributed by atoms with Crippen molar-refractivity contribution in [3.05, 3.63) is 59.2 Å². The van der Waals surface area contributed by atoms with Gasteiger partial charge in [0, 0.05) is 23.7 Å². The van der Waals surface area contributed by atoms with Gasteiger partial charge in [-0.15, -0.1) is 0 Å². The van der Waals surface area contributed by atoms with E-state index in [0.717, 1.165) is 12.1 Å². The maximum atomic E-state index is 13.4. The number of hydrogen-bond acceptors (Lipinski definition) is 3. The van der Waals surface area contributed by atoms with Crippen LogP contribution in [0.4, 0.5) is 14.5 Å². The van der Waals surface area contributed by atoms with Gasteiger partial charge in [-0.05, 0) is 24.3 Å². The number of methoxy groups -OCH3 is 1. The van der Waals surface area contributed by atoms with Crippen molar-refractivity contribution < 1.29 is 18.3 Å². The zero-order valence-corrected chi connectivity index (χ0v) is 11.3. The highest BCUT2D eigenvalue weighted by molar-refractivity contribution is 5.95. The lowest BCUT2D eigenvalue weighted by molar-refractivity contribution is 0.0950. The van der Waals surface area contributed by atoms with Gasteiger partial charge in [0.05, 0.1) is 12.8 Å². The van der Waals surface area contributed by atoms with Crippen molar-refractivity contribution in [2.24, 2.45) is 0 Å². The molecule has 0 radical (unpaired) electrons. The Labute approximate surface area is 120 Å². The van der Waals surface area contributed by atoms with Crippen LogP contribution in [0.5, 0.6) is 5.75 Å². The minimum Gasteiger partial charge on any atom is -0.495 e. The first-order valence-electron chi connectivity index (χ1n) is 6.17. The zero-order chi connectivity index (χ0) is 15.4. The lowest BCUT2D eigenvalue weighted by Crippen LogP contribution is -2.23. The molecule has 3 N–H and O–H groups in total. The van der Waals surface area contributed by atoms with Crippen LogP contribution >= 0.6 is 0 Å². The summed E-state index contributed by atoms with van der Waals surface area (Å²) in [5, 5.41) is 2.55. The molecule has 2 aromatic rings. The third kappa shape index (κ3) is 3.47. The van der Waals surface area contributed by atoms with Gasteiger partial charge in [-0.3, -0.25) is 4.79 Å². The van der Waals surface area contributed by atoms with E-state index >= 15 is 0 Å². The van der Waals surface area contributed by atoms with Crippen molar-refractivity contribution in [1.82, 2.24) is 5.32 Å². The monoisotopic (exact) mass is 292 g/mol. The average Bonchev–Trinajstić information content (AvgIpc) is 2.46. The van der Waals surface area contributed by atoms with E-state index in [-0.39, 0.29) is 12.1 Å². The first kappa shape index (κ1) is 14.8. The molecule has 0 bridgehead atoms. The van der Waals surface area contributed by atoms with Crippen molar-refractivity contribution in [3.8, 4) is 5.75 Å². The van der Waals surface area contributed by atoms with Gasteiger partial charge in [0.25, 0.3) is 5.91 Å². The summed E-state index contributed by atoms with van der Waals surface area (Å²) in [7, 11) is 1.45. The van der Waals surface area contributed by atoms with Gasteiger partial charge < -0.3 is 15.8 Å². The zero-order valence-electron chi connectivity index (χ0n) is 11.3. The summed E-state index contributed by atoms with van der Waals surface area (Å²) < 4.78 is 31.3. The topological polar surface area (TPSA) is 64.3 Å². The fourth-order valence-electron chi connectivity index (χ4n) is 1.79. The molecule has 4 nitrogen and oxygen atoms in total. The first-order chi connectivity index (χ1) is 10.0. The van der Waals surface area contributed by atoms with Gasteiger partial charge in [-0.1, -0.05) is 6.07 Å². The Bertz CT molecular complexity index is 675. The van der Waals surface area contributed by atoms with Crippen LogP contribution in [0.1, 0.15) is 15.9 Å². The number of rotatable bonds is 4. The number of amides is 1. The van der Waals surface area contributed by atoms with E-state index in [1.165, 1.54) is 25.3 Å². The second-order valence-electron chi connectivity index (χ2n) is 4.38. The molecule has 0 heterocycles. The second kappa shape index (κ2) is 6.21. The summed E-state index contributed by atoms with van der Waals surface area (Å²) in [5.74, 6) is -1.39. The number of hydrogen-bond donors (Lipinski definition) is 2. The van der Waals surface area contributed by atoms with Gasteiger partial charge >= 0.3 is 0 Å². The minimum atomic E-state index is -0.704. The van der Waals surface area contributed by atoms with E-state index in [0.29, 0.717) is 17.0 Å². The van der Waals surface area contributed by atoms with Crippen LogP contribution in [0.2, 0.25) is 0 Å². The van der Waals surface area contributed by atoms with E-state index in [9.17, 15) is 13.6 Å². The Morgan fingerprint density at radius 1 is 1.24 bits per heavy atom. The smallest absolute Gasteiger partial charge is 0.251 e. The van der Waals surface area contributed by atoms with Crippen LogP contribution in [-0.4, -0.2) is 13.0 Å². The van der Waals surface area contributed by atoms with Crippen LogP contribution < -0.4 is 15.8 Å². The molecule has 6 heteroatoms. The number of ether oxygens (including phenoxy) is 1. The quantitative estimate of drug-likeness (QED) is 0.851. The Balaban J connectivity index is 2.08. The highest BCUT2D eigenvalue weighted by Crippen LogP contribution is 2.22. The molecule has 0 saturated heterocycles. The molecule has 0 saturated carbocycles. The molecule has 2 rings (SSSR count). The normalized spacial score (nSPS) is 10.2. The van der Waals surface area contributed by atoms with Gasteiger partial charge in [0.15, 0.2) is 0 Å². The standard InChI is InChI=1S/C15H14F2N2O2/c1-21-14-6-9(3-5-13(14)18)15(20)19-8-10-2-4-11(16)7-12(10)17/h2-7H,8,18H2,1H3,(H,19,20). The Hall–Kier alpha value is -2.63. The molecule has 0 aromatic heterocycles. The number of carbonyl (C=O) groups is 1. The fourth-order valence-corrected chi connectivity index (χ4v) is 1.79. The number of nitrogens with one attached hydrogen (secondary N) is 1. The number of benzene rings is 2. The highest BCUT2D eigenvalue weighted by atomic mass is 19.1. The van der Waals surface area contributed by atoms with Crippen molar-refractivity contribution in [2.45, 2.75) is 6.54 Å². The average molecular weight is 292 g/mol. The number of carbonyl (C=O) groups excluding carboxylic acids is 1. The number of halogens is 2. The van der Waals surface area contributed by atoms with Crippen LogP contribution in [0.3, 0.4) is 0 Å². The summed E-state index contributed by atoms with van der Waals surface area (Å²) in [5.41, 5.74) is 6.61. The van der Waals surface area contributed by atoms with Crippen LogP contribution in [0.25, 0.3) is 0 Å². The van der Waals surface area contributed by atoms with Crippen LogP contribution in [-0.2, 0) is 6.54 Å². The molecule has 0 fully saturated rings. The predicted octanol–water partition coefficient (Wildman–Crippen LogP) is 2.49. The highest BCUT2D eigenvalue weighted by Gasteiger charge is 2.10. The van der Waals surface area contributed by atoms with Crippen molar-refractivity contribution in [2.75, 3.05) is 12.8 Å². The lowest BCUT2D eigenvalue weighted by Gasteiger charge is -2.09. The summed E-state index contributed by atoms with van der Waals surface area (Å²) >= 11 is 0. The van der Waals surface area contributed by atoms with Crippen molar-refractivity contribution in [1.29, 1.82) is 0 Å². The molecule has 2 aromatic carbocycles. The van der Waals surface area contributed by atoms with E-state index in [2.05, 4.69) is 5.32 Å². The van der Waals surface area contributed by atoms with Gasteiger partial charge in [0.1, 0.15) is 17.4 Å². The largest absolute Gasteiger partial charge is 0.495 e. The lowest BCUT2D eigenvalue weighted by atomic mass is 10.1. The molecule has 0 aliphatic carbocycles. The number of nitrogen functional groups attached to an aromatic ring is 1. The second-order valence-corrected chi connectivity index (χ2v) is 4.38. The first-order valence-corrected chi connectivity index (χ1v) is 6.17. The van der Waals surface area contributed by atoms with E-state index in [1.807, 2.05) is 0 Å². The Kier molecular flexibility index (Phi) is 4.37. The summed E-state index contributed by atoms with van der Waals surface area (Å²) in [6.07, 6.45) is 0. The molecular formula is C15H14F2N2O2. The fraction of sp³-hybridized carbons (Fsp3) is 0.133. The van der Waals surface area contributed by atoms with Gasteiger partial charge in [-0.25, -0.2) is 8.78 Å². The van der Waals surface area contributed by atoms with E-state index in [1.54, 1.807) is 6.07 Å². The molecule has 0 aliphatic heterocycles. The van der Waals surface area contributed by atoms with E-state index < -0.39 is 17.5 Å². The van der Waals surface area contributed by atoms with Crippen LogP contribution in [0, 0.1) is 11.6 Å². The molecule has 0 atom stereocenters. The SMILES string of the molecule is COc1cc(C(=O)NCc2ccc(F)cc2F)ccc1N. The van der Waals surface area contributed by atoms with Gasteiger partial charge in [-0.2, -0.15) is 0 Å². The number of nitrogens with two attached hydrogens (primary N) is 1. The minimum absolute atomic E-state index is 0.0440. The molecule has 0 aliphatic rings. The molecule has 0 spiro atoms. The Morgan fingerprint density at radius 2 is 2.00 bits per heavy atom. The maximum absolute atomic E-state index is 13.4. The molecule has 21 heavy (non-hydrogen) atoms. The van der Waals surface area contributed by atoms with Crippen molar-refractivity contribution >= 4 is 11.6 Å². The van der Waals surface area contributed by atoms with Gasteiger partial charge in [0.2, 0.25) is 0 Å².